The van der Waals surface area contributed by atoms with E-state index < -0.39 is 11.9 Å². The Labute approximate surface area is 320 Å². The van der Waals surface area contributed by atoms with Gasteiger partial charge in [-0.2, -0.15) is 10.4 Å². The van der Waals surface area contributed by atoms with E-state index >= 15 is 0 Å². The van der Waals surface area contributed by atoms with E-state index in [1.165, 1.54) is 4.68 Å². The Hall–Kier alpha value is -7.38. The number of piperidine rings is 1. The molecule has 0 bridgehead atoms. The number of aryl methyl sites for hydroxylation is 2. The van der Waals surface area contributed by atoms with E-state index in [1.54, 1.807) is 52.7 Å². The van der Waals surface area contributed by atoms with E-state index in [-0.39, 0.29) is 54.2 Å². The number of hydrogen-bond donors (Lipinski definition) is 2. The van der Waals surface area contributed by atoms with Gasteiger partial charge in [0.2, 0.25) is 5.91 Å². The molecular weight excluding hydrogens is 707 g/mol. The molecule has 5 heterocycles. The van der Waals surface area contributed by atoms with Crippen molar-refractivity contribution in [3.05, 3.63) is 112 Å². The van der Waals surface area contributed by atoms with Gasteiger partial charge in [0, 0.05) is 54.8 Å². The quantitative estimate of drug-likeness (QED) is 0.172. The number of rotatable bonds is 6. The summed E-state index contributed by atoms with van der Waals surface area (Å²) in [6.07, 6.45) is 3.93. The van der Waals surface area contributed by atoms with Crippen LogP contribution in [0.1, 0.15) is 66.0 Å². The van der Waals surface area contributed by atoms with Crippen molar-refractivity contribution in [1.82, 2.24) is 39.5 Å². The molecule has 2 N–H and O–H groups in total. The second-order valence-electron chi connectivity index (χ2n) is 14.1. The van der Waals surface area contributed by atoms with Crippen LogP contribution in [0.2, 0.25) is 0 Å². The van der Waals surface area contributed by atoms with Gasteiger partial charge in [-0.05, 0) is 82.9 Å². The molecular formula is C43H35N9O4. The Kier molecular flexibility index (Phi) is 8.99. The summed E-state index contributed by atoms with van der Waals surface area (Å²) in [6.45, 7) is 4.32. The smallest absolute Gasteiger partial charge is 0.328 e. The first kappa shape index (κ1) is 35.6. The molecule has 1 unspecified atom stereocenters. The fourth-order valence-electron chi connectivity index (χ4n) is 7.35. The van der Waals surface area contributed by atoms with E-state index in [0.717, 1.165) is 44.1 Å². The number of imide groups is 1. The molecule has 0 saturated carbocycles. The summed E-state index contributed by atoms with van der Waals surface area (Å²) in [7, 11) is 3.61. The average Bonchev–Trinajstić information content (AvgIpc) is 3.68. The monoisotopic (exact) mass is 741 g/mol. The van der Waals surface area contributed by atoms with Crippen LogP contribution in [0.15, 0.2) is 83.9 Å². The van der Waals surface area contributed by atoms with Crippen LogP contribution in [0.4, 0.5) is 0 Å². The van der Waals surface area contributed by atoms with E-state index in [9.17, 15) is 24.4 Å². The minimum absolute atomic E-state index is 0.0525. The third-order valence-corrected chi connectivity index (χ3v) is 10.3. The number of carbonyl (C=O) groups is 3. The molecule has 276 valence electrons. The number of fused-ring (bicyclic) bond motifs is 3. The van der Waals surface area contributed by atoms with Crippen molar-refractivity contribution in [2.45, 2.75) is 38.6 Å². The van der Waals surface area contributed by atoms with Crippen LogP contribution >= 0.6 is 0 Å². The van der Waals surface area contributed by atoms with Crippen LogP contribution in [-0.4, -0.2) is 53.1 Å². The highest BCUT2D eigenvalue weighted by Gasteiger charge is 2.30. The molecule has 13 heteroatoms. The highest BCUT2D eigenvalue weighted by Crippen LogP contribution is 2.35. The third-order valence-electron chi connectivity index (χ3n) is 10.3. The zero-order chi connectivity index (χ0) is 39.2. The minimum Gasteiger partial charge on any atom is -0.340 e. The normalized spacial score (nSPS) is 14.2. The SMILES string of the molecule is CC(C)c1cc(-c2cccc3cc(-c4ccc(C(=O)NCC#Cc5ccc6c(C#N)nn(C7CCC(=O)NC7=O)c6c5)nc4)ncc23)cc2c1n(C)c(=O)n2C. The number of amides is 3. The fraction of sp³-hybridized carbons (Fsp3) is 0.209. The van der Waals surface area contributed by atoms with E-state index in [0.29, 0.717) is 22.2 Å². The maximum Gasteiger partial charge on any atom is 0.328 e. The second kappa shape index (κ2) is 14.1. The predicted molar refractivity (Wildman–Crippen MR) is 211 cm³/mol. The van der Waals surface area contributed by atoms with Crippen molar-refractivity contribution >= 4 is 50.4 Å². The Morgan fingerprint density at radius 3 is 2.54 bits per heavy atom. The summed E-state index contributed by atoms with van der Waals surface area (Å²) in [5, 5.41) is 21.6. The molecule has 1 saturated heterocycles. The summed E-state index contributed by atoms with van der Waals surface area (Å²) in [5.41, 5.74) is 7.92. The number of aromatic nitrogens is 6. The molecule has 8 rings (SSSR count). The molecule has 1 fully saturated rings. The zero-order valence-electron chi connectivity index (χ0n) is 31.0. The van der Waals surface area contributed by atoms with E-state index in [4.69, 9.17) is 4.98 Å². The number of hydrogen-bond acceptors (Lipinski definition) is 8. The van der Waals surface area contributed by atoms with Crippen LogP contribution in [0, 0.1) is 23.2 Å². The maximum absolute atomic E-state index is 12.9. The number of carbonyl (C=O) groups excluding carboxylic acids is 3. The largest absolute Gasteiger partial charge is 0.340 e. The number of nitrogens with one attached hydrogen (secondary N) is 2. The minimum atomic E-state index is -0.720. The standard InChI is InChI=1S/C43H35N9O4/c1-24(2)31-18-28(20-38-40(31)51(4)43(56)50(38)3)29-9-5-8-26-19-34(47-23-32(26)29)27-11-13-33(46-22-27)41(54)45-16-6-7-25-10-12-30-35(21-44)49-52(37(30)17-25)36-14-15-39(53)48-42(36)55/h5,8-13,17-20,22-24,36H,14-16H2,1-4H3,(H,45,54)(H,48,53,55). The lowest BCUT2D eigenvalue weighted by Crippen LogP contribution is -2.42. The van der Waals surface area contributed by atoms with Gasteiger partial charge in [-0.25, -0.2) is 4.79 Å². The van der Waals surface area contributed by atoms with Crippen molar-refractivity contribution in [2.24, 2.45) is 14.1 Å². The Morgan fingerprint density at radius 1 is 0.946 bits per heavy atom. The lowest BCUT2D eigenvalue weighted by molar-refractivity contribution is -0.135. The molecule has 1 aliphatic rings. The van der Waals surface area contributed by atoms with Gasteiger partial charge < -0.3 is 5.32 Å². The van der Waals surface area contributed by atoms with Gasteiger partial charge in [-0.15, -0.1) is 0 Å². The van der Waals surface area contributed by atoms with Gasteiger partial charge in [0.1, 0.15) is 17.8 Å². The Morgan fingerprint density at radius 2 is 1.79 bits per heavy atom. The highest BCUT2D eigenvalue weighted by atomic mass is 16.2. The maximum atomic E-state index is 12.9. The molecule has 0 aliphatic carbocycles. The first-order valence-corrected chi connectivity index (χ1v) is 18.1. The first-order chi connectivity index (χ1) is 27.0. The average molecular weight is 742 g/mol. The number of pyridine rings is 2. The molecule has 0 radical (unpaired) electrons. The van der Waals surface area contributed by atoms with E-state index in [2.05, 4.69) is 70.7 Å². The fourth-order valence-corrected chi connectivity index (χ4v) is 7.35. The summed E-state index contributed by atoms with van der Waals surface area (Å²) in [4.78, 5) is 59.1. The number of nitriles is 1. The lowest BCUT2D eigenvalue weighted by Gasteiger charge is -2.21. The topological polar surface area (TPSA) is 170 Å². The molecule has 0 spiro atoms. The van der Waals surface area contributed by atoms with Crippen molar-refractivity contribution in [3.63, 3.8) is 0 Å². The van der Waals surface area contributed by atoms with Crippen LogP contribution in [0.25, 0.3) is 55.1 Å². The van der Waals surface area contributed by atoms with Crippen LogP contribution in [0.3, 0.4) is 0 Å². The summed E-state index contributed by atoms with van der Waals surface area (Å²) in [6, 6.07) is 22.3. The molecule has 1 aliphatic heterocycles. The Bertz CT molecular complexity index is 2950. The van der Waals surface area contributed by atoms with Gasteiger partial charge in [0.25, 0.3) is 11.8 Å². The molecule has 3 aromatic carbocycles. The molecule has 1 atom stereocenters. The zero-order valence-corrected chi connectivity index (χ0v) is 31.0. The van der Waals surface area contributed by atoms with Crippen molar-refractivity contribution in [2.75, 3.05) is 6.54 Å². The molecule has 3 amide bonds. The summed E-state index contributed by atoms with van der Waals surface area (Å²) < 4.78 is 4.88. The molecule has 4 aromatic heterocycles. The number of imidazole rings is 1. The second-order valence-corrected chi connectivity index (χ2v) is 14.1. The number of nitrogens with zero attached hydrogens (tertiary/aromatic N) is 7. The van der Waals surface area contributed by atoms with Crippen molar-refractivity contribution < 1.29 is 14.4 Å². The Balaban J connectivity index is 0.976. The highest BCUT2D eigenvalue weighted by molar-refractivity contribution is 6.01. The van der Waals surface area contributed by atoms with Gasteiger partial charge in [-0.1, -0.05) is 43.9 Å². The van der Waals surface area contributed by atoms with Crippen molar-refractivity contribution in [3.8, 4) is 40.3 Å². The van der Waals surface area contributed by atoms with Gasteiger partial charge in [0.15, 0.2) is 5.69 Å². The first-order valence-electron chi connectivity index (χ1n) is 18.1. The molecule has 7 aromatic rings. The molecule has 13 nitrogen and oxygen atoms in total. The van der Waals surface area contributed by atoms with Crippen molar-refractivity contribution in [1.29, 1.82) is 5.26 Å². The summed E-state index contributed by atoms with van der Waals surface area (Å²) >= 11 is 0. The molecule has 56 heavy (non-hydrogen) atoms. The predicted octanol–water partition coefficient (Wildman–Crippen LogP) is 5.26. The lowest BCUT2D eigenvalue weighted by atomic mass is 9.93. The van der Waals surface area contributed by atoms with Gasteiger partial charge in [-0.3, -0.25) is 43.5 Å². The summed E-state index contributed by atoms with van der Waals surface area (Å²) in [5.74, 6) is 4.97. The van der Waals surface area contributed by atoms with Gasteiger partial charge >= 0.3 is 5.69 Å². The number of benzene rings is 3. The van der Waals surface area contributed by atoms with Crippen LogP contribution in [0.5, 0.6) is 0 Å². The van der Waals surface area contributed by atoms with Crippen LogP contribution < -0.4 is 16.3 Å². The van der Waals surface area contributed by atoms with Crippen LogP contribution in [-0.2, 0) is 23.7 Å². The van der Waals surface area contributed by atoms with Gasteiger partial charge in [0.05, 0.1) is 28.8 Å². The third kappa shape index (κ3) is 6.25. The van der Waals surface area contributed by atoms with E-state index in [1.807, 2.05) is 31.4 Å².